The molecule has 1 aromatic rings. The van der Waals surface area contributed by atoms with Crippen LogP contribution in [0.5, 0.6) is 5.75 Å². The molecule has 1 saturated heterocycles. The van der Waals surface area contributed by atoms with Crippen LogP contribution in [0.2, 0.25) is 0 Å². The predicted molar refractivity (Wildman–Crippen MR) is 108 cm³/mol. The molecule has 2 unspecified atom stereocenters. The van der Waals surface area contributed by atoms with Crippen LogP contribution in [-0.4, -0.2) is 53.3 Å². The van der Waals surface area contributed by atoms with Gasteiger partial charge in [-0.1, -0.05) is 26.8 Å². The van der Waals surface area contributed by atoms with E-state index < -0.39 is 0 Å². The summed E-state index contributed by atoms with van der Waals surface area (Å²) < 4.78 is 0. The number of benzene rings is 1. The van der Waals surface area contributed by atoms with Gasteiger partial charge >= 0.3 is 0 Å². The number of rotatable bonds is 5. The Morgan fingerprint density at radius 1 is 1.35 bits per heavy atom. The number of hydrogen-bond donors (Lipinski definition) is 2. The number of phenols is 1. The summed E-state index contributed by atoms with van der Waals surface area (Å²) in [6.45, 7) is 7.78. The molecule has 138 valence electrons. The van der Waals surface area contributed by atoms with E-state index in [0.717, 1.165) is 49.4 Å². The number of hydrogen-bond acceptors (Lipinski definition) is 4. The monoisotopic (exact) mass is 371 g/mol. The molecule has 3 rings (SSSR count). The van der Waals surface area contributed by atoms with Crippen LogP contribution < -0.4 is 5.32 Å². The van der Waals surface area contributed by atoms with Crippen LogP contribution in [0.4, 0.5) is 0 Å². The Hall–Kier alpha value is -2.10. The maximum atomic E-state index is 11.7. The number of carbonyl (C=O) groups is 1. The molecule has 26 heavy (non-hydrogen) atoms. The van der Waals surface area contributed by atoms with Gasteiger partial charge in [0.05, 0.1) is 11.5 Å². The van der Waals surface area contributed by atoms with Crippen LogP contribution in [0.1, 0.15) is 18.1 Å². The second-order valence-corrected chi connectivity index (χ2v) is 7.91. The third-order valence-corrected chi connectivity index (χ3v) is 6.43. The van der Waals surface area contributed by atoms with E-state index in [2.05, 4.69) is 28.4 Å². The average molecular weight is 371 g/mol. The van der Waals surface area contributed by atoms with Gasteiger partial charge in [0.2, 0.25) is 6.41 Å². The second kappa shape index (κ2) is 8.52. The fraction of sp³-hybridized carbons (Fsp3) is 0.350. The number of aryl methyl sites for hydroxylation is 1. The molecule has 5 nitrogen and oxygen atoms in total. The normalized spacial score (nSPS) is 21.4. The summed E-state index contributed by atoms with van der Waals surface area (Å²) in [5.74, 6) is 0.336. The number of aromatic hydroxyl groups is 1. The molecule has 0 aromatic heterocycles. The van der Waals surface area contributed by atoms with Crippen molar-refractivity contribution >= 4 is 20.3 Å². The number of carbonyl (C=O) groups excluding carboxylic acids is 1. The van der Waals surface area contributed by atoms with Crippen LogP contribution in [0.15, 0.2) is 48.3 Å². The van der Waals surface area contributed by atoms with Gasteiger partial charge in [-0.05, 0) is 48.5 Å². The smallest absolute Gasteiger partial charge is 0.214 e. The highest BCUT2D eigenvalue weighted by atomic mass is 31.1. The summed E-state index contributed by atoms with van der Waals surface area (Å²) in [4.78, 5) is 15.8. The molecule has 2 N–H and O–H groups in total. The number of phenolic OH excluding ortho intramolecular Hbond substituents is 1. The van der Waals surface area contributed by atoms with E-state index in [1.54, 1.807) is 11.0 Å². The highest BCUT2D eigenvalue weighted by molar-refractivity contribution is 7.51. The van der Waals surface area contributed by atoms with Crippen LogP contribution in [-0.2, 0) is 4.79 Å². The van der Waals surface area contributed by atoms with Crippen molar-refractivity contribution in [1.29, 1.82) is 0 Å². The van der Waals surface area contributed by atoms with Crippen molar-refractivity contribution in [2.45, 2.75) is 19.6 Å². The maximum absolute atomic E-state index is 11.7. The zero-order valence-electron chi connectivity index (χ0n) is 15.3. The Labute approximate surface area is 156 Å². The summed E-state index contributed by atoms with van der Waals surface area (Å²) in [6.07, 6.45) is 9.24. The number of amides is 1. The van der Waals surface area contributed by atoms with Crippen molar-refractivity contribution in [3.63, 3.8) is 0 Å². The molecule has 1 fully saturated rings. The van der Waals surface area contributed by atoms with E-state index in [9.17, 15) is 9.90 Å². The van der Waals surface area contributed by atoms with Crippen molar-refractivity contribution in [2.75, 3.05) is 26.2 Å². The first-order valence-corrected chi connectivity index (χ1v) is 10.0. The van der Waals surface area contributed by atoms with Gasteiger partial charge < -0.3 is 20.2 Å². The Balaban J connectivity index is 1.74. The third-order valence-electron chi connectivity index (χ3n) is 4.76. The molecule has 2 atom stereocenters. The highest BCUT2D eigenvalue weighted by Gasteiger charge is 2.22. The van der Waals surface area contributed by atoms with E-state index in [-0.39, 0.29) is 5.78 Å². The summed E-state index contributed by atoms with van der Waals surface area (Å²) in [6, 6.07) is 5.66. The lowest BCUT2D eigenvalue weighted by Crippen LogP contribution is -2.43. The standard InChI is InChI=1S/C20H26N3O2P/c1-3-19(16-4-6-18(25)15(2)12-16)26-20-7-5-17(13-23(20)14-24)22-10-8-21-9-11-22/h3-7,12-14,20-21,25-26H,8-11H2,1-2H3/b19-3-. The van der Waals surface area contributed by atoms with Crippen molar-refractivity contribution in [1.82, 2.24) is 15.1 Å². The SMILES string of the molecule is C/C=C(\PC1C=CC(N2CCNCC2)=CN1C=O)c1ccc(O)c(C)c1. The van der Waals surface area contributed by atoms with Crippen molar-refractivity contribution in [3.05, 3.63) is 59.5 Å². The molecule has 0 spiro atoms. The Bertz CT molecular complexity index is 751. The molecule has 6 heteroatoms. The first-order valence-electron chi connectivity index (χ1n) is 8.93. The fourth-order valence-electron chi connectivity index (χ4n) is 3.21. The molecule has 0 saturated carbocycles. The number of nitrogens with one attached hydrogen (secondary N) is 1. The molecule has 2 aliphatic rings. The molecule has 1 amide bonds. The zero-order chi connectivity index (χ0) is 18.5. The van der Waals surface area contributed by atoms with Crippen LogP contribution in [0, 0.1) is 6.92 Å². The summed E-state index contributed by atoms with van der Waals surface area (Å²) in [5.41, 5.74) is 3.05. The molecular weight excluding hydrogens is 345 g/mol. The summed E-state index contributed by atoms with van der Waals surface area (Å²) >= 11 is 0. The van der Waals surface area contributed by atoms with Crippen molar-refractivity contribution in [3.8, 4) is 5.75 Å². The predicted octanol–water partition coefficient (Wildman–Crippen LogP) is 2.84. The first kappa shape index (κ1) is 18.7. The largest absolute Gasteiger partial charge is 0.508 e. The average Bonchev–Trinajstić information content (AvgIpc) is 2.69. The van der Waals surface area contributed by atoms with Crippen molar-refractivity contribution < 1.29 is 9.90 Å². The molecule has 2 heterocycles. The minimum Gasteiger partial charge on any atom is -0.508 e. The minimum absolute atomic E-state index is 0.0273. The van der Waals surface area contributed by atoms with Crippen LogP contribution in [0.3, 0.4) is 0 Å². The lowest BCUT2D eigenvalue weighted by molar-refractivity contribution is -0.116. The summed E-state index contributed by atoms with van der Waals surface area (Å²) in [7, 11) is 0.441. The first-order chi connectivity index (χ1) is 12.6. The van der Waals surface area contributed by atoms with Gasteiger partial charge in [-0.15, -0.1) is 0 Å². The molecule has 2 aliphatic heterocycles. The van der Waals surface area contributed by atoms with E-state index in [1.165, 1.54) is 5.31 Å². The second-order valence-electron chi connectivity index (χ2n) is 6.50. The minimum atomic E-state index is 0.0273. The van der Waals surface area contributed by atoms with E-state index >= 15 is 0 Å². The third kappa shape index (κ3) is 4.17. The van der Waals surface area contributed by atoms with Gasteiger partial charge in [-0.25, -0.2) is 0 Å². The highest BCUT2D eigenvalue weighted by Crippen LogP contribution is 2.41. The number of allylic oxidation sites excluding steroid dienone is 2. The zero-order valence-corrected chi connectivity index (χ0v) is 16.3. The van der Waals surface area contributed by atoms with Crippen LogP contribution in [0.25, 0.3) is 5.31 Å². The van der Waals surface area contributed by atoms with Gasteiger partial charge in [0, 0.05) is 32.4 Å². The molecule has 0 aliphatic carbocycles. The quantitative estimate of drug-likeness (QED) is 0.617. The molecule has 0 bridgehead atoms. The van der Waals surface area contributed by atoms with Gasteiger partial charge in [-0.2, -0.15) is 0 Å². The molecule has 0 radical (unpaired) electrons. The fourth-order valence-corrected chi connectivity index (χ4v) is 4.49. The lowest BCUT2D eigenvalue weighted by Gasteiger charge is -2.35. The Morgan fingerprint density at radius 3 is 2.77 bits per heavy atom. The number of nitrogens with zero attached hydrogens (tertiary/aromatic N) is 2. The maximum Gasteiger partial charge on any atom is 0.214 e. The Morgan fingerprint density at radius 2 is 2.12 bits per heavy atom. The van der Waals surface area contributed by atoms with Gasteiger partial charge in [0.25, 0.3) is 0 Å². The Kier molecular flexibility index (Phi) is 6.12. The lowest BCUT2D eigenvalue weighted by atomic mass is 10.1. The molecule has 1 aromatic carbocycles. The molecular formula is C20H26N3O2P. The van der Waals surface area contributed by atoms with Gasteiger partial charge in [0.15, 0.2) is 0 Å². The summed E-state index contributed by atoms with van der Waals surface area (Å²) in [5, 5.41) is 14.3. The van der Waals surface area contributed by atoms with E-state index in [1.807, 2.05) is 32.2 Å². The van der Waals surface area contributed by atoms with Crippen LogP contribution >= 0.6 is 8.58 Å². The van der Waals surface area contributed by atoms with E-state index in [4.69, 9.17) is 0 Å². The van der Waals surface area contributed by atoms with E-state index in [0.29, 0.717) is 14.3 Å². The van der Waals surface area contributed by atoms with Gasteiger partial charge in [0.1, 0.15) is 5.75 Å². The number of piperazine rings is 1. The topological polar surface area (TPSA) is 55.8 Å². The van der Waals surface area contributed by atoms with Crippen molar-refractivity contribution in [2.24, 2.45) is 0 Å². The van der Waals surface area contributed by atoms with Gasteiger partial charge in [-0.3, -0.25) is 4.79 Å².